The van der Waals surface area contributed by atoms with Crippen molar-refractivity contribution < 1.29 is 4.79 Å². The first-order valence-electron chi connectivity index (χ1n) is 9.09. The summed E-state index contributed by atoms with van der Waals surface area (Å²) in [5, 5.41) is 11.0. The lowest BCUT2D eigenvalue weighted by molar-refractivity contribution is -0.139. The fourth-order valence-electron chi connectivity index (χ4n) is 4.59. The highest BCUT2D eigenvalue weighted by Crippen LogP contribution is 2.61. The Morgan fingerprint density at radius 3 is 2.78 bits per heavy atom. The third-order valence-electron chi connectivity index (χ3n) is 6.33. The van der Waals surface area contributed by atoms with E-state index < -0.39 is 0 Å². The fraction of sp³-hybridized carbons (Fsp3) is 0.556. The molecule has 8 nitrogen and oxygen atoms in total. The standard InChI is InChI=1S/C18H24ClN7O/c1-18(2)9-4-11(15(20)27)14(12(18)5-9)24-16-13(19)7-21-17(25-16)23-10-6-22-26(3)8-10/h6-9,11-12,14H,4-5H2,1-3H3,(H2,20,27)(H2,21,23,24,25)/t9-,11-,12-,14-/m0/s1. The quantitative estimate of drug-likeness (QED) is 0.724. The molecule has 0 aromatic carbocycles. The number of amides is 1. The third-order valence-corrected chi connectivity index (χ3v) is 6.60. The van der Waals surface area contributed by atoms with Crippen LogP contribution in [0.3, 0.4) is 0 Å². The molecule has 4 atom stereocenters. The largest absolute Gasteiger partial charge is 0.369 e. The van der Waals surface area contributed by atoms with Gasteiger partial charge < -0.3 is 16.4 Å². The predicted molar refractivity (Wildman–Crippen MR) is 104 cm³/mol. The van der Waals surface area contributed by atoms with Crippen LogP contribution in [0, 0.1) is 23.2 Å². The van der Waals surface area contributed by atoms with Gasteiger partial charge in [0, 0.05) is 19.3 Å². The summed E-state index contributed by atoms with van der Waals surface area (Å²) in [6.45, 7) is 4.52. The zero-order valence-electron chi connectivity index (χ0n) is 15.6. The summed E-state index contributed by atoms with van der Waals surface area (Å²) in [7, 11) is 1.83. The monoisotopic (exact) mass is 389 g/mol. The molecule has 9 heteroatoms. The Morgan fingerprint density at radius 1 is 1.37 bits per heavy atom. The van der Waals surface area contributed by atoms with Gasteiger partial charge in [0.2, 0.25) is 11.9 Å². The summed E-state index contributed by atoms with van der Waals surface area (Å²) < 4.78 is 1.69. The van der Waals surface area contributed by atoms with Crippen molar-refractivity contribution in [1.82, 2.24) is 19.7 Å². The number of anilines is 3. The minimum atomic E-state index is -0.267. The molecular weight excluding hydrogens is 366 g/mol. The maximum Gasteiger partial charge on any atom is 0.229 e. The highest BCUT2D eigenvalue weighted by atomic mass is 35.5. The number of primary amides is 1. The number of aryl methyl sites for hydroxylation is 1. The minimum Gasteiger partial charge on any atom is -0.369 e. The summed E-state index contributed by atoms with van der Waals surface area (Å²) in [4.78, 5) is 20.8. The summed E-state index contributed by atoms with van der Waals surface area (Å²) >= 11 is 6.33. The van der Waals surface area contributed by atoms with Crippen molar-refractivity contribution in [2.75, 3.05) is 10.6 Å². The number of nitrogens with one attached hydrogen (secondary N) is 2. The van der Waals surface area contributed by atoms with Crippen molar-refractivity contribution in [2.24, 2.45) is 36.0 Å². The van der Waals surface area contributed by atoms with Crippen molar-refractivity contribution in [1.29, 1.82) is 0 Å². The van der Waals surface area contributed by atoms with Gasteiger partial charge in [0.25, 0.3) is 0 Å². The van der Waals surface area contributed by atoms with Gasteiger partial charge in [-0.3, -0.25) is 9.48 Å². The van der Waals surface area contributed by atoms with Crippen molar-refractivity contribution >= 4 is 35.0 Å². The molecule has 0 aliphatic heterocycles. The molecule has 0 spiro atoms. The first kappa shape index (κ1) is 18.0. The minimum absolute atomic E-state index is 0.0823. The Balaban J connectivity index is 1.58. The number of aromatic nitrogens is 4. The Hall–Kier alpha value is -2.35. The van der Waals surface area contributed by atoms with Crippen LogP contribution in [-0.2, 0) is 11.8 Å². The average molecular weight is 390 g/mol. The molecule has 0 saturated heterocycles. The first-order chi connectivity index (χ1) is 12.8. The fourth-order valence-corrected chi connectivity index (χ4v) is 4.74. The molecule has 2 aromatic heterocycles. The van der Waals surface area contributed by atoms with Crippen molar-refractivity contribution in [3.63, 3.8) is 0 Å². The van der Waals surface area contributed by atoms with Crippen LogP contribution in [0.25, 0.3) is 0 Å². The van der Waals surface area contributed by atoms with Crippen LogP contribution < -0.4 is 16.4 Å². The van der Waals surface area contributed by atoms with E-state index in [2.05, 4.69) is 39.5 Å². The van der Waals surface area contributed by atoms with Gasteiger partial charge in [-0.1, -0.05) is 25.4 Å². The average Bonchev–Trinajstić information content (AvgIpc) is 3.02. The lowest BCUT2D eigenvalue weighted by Crippen LogP contribution is -2.62. The Kier molecular flexibility index (Phi) is 4.25. The predicted octanol–water partition coefficient (Wildman–Crippen LogP) is 2.56. The van der Waals surface area contributed by atoms with Gasteiger partial charge in [0.1, 0.15) is 5.02 Å². The van der Waals surface area contributed by atoms with Gasteiger partial charge in [0.05, 0.1) is 24.0 Å². The smallest absolute Gasteiger partial charge is 0.229 e. The van der Waals surface area contributed by atoms with E-state index in [4.69, 9.17) is 17.3 Å². The highest BCUT2D eigenvalue weighted by molar-refractivity contribution is 6.32. The Labute approximate surface area is 162 Å². The molecule has 2 aromatic rings. The van der Waals surface area contributed by atoms with E-state index in [1.54, 1.807) is 17.1 Å². The number of nitrogens with zero attached hydrogens (tertiary/aromatic N) is 4. The van der Waals surface area contributed by atoms with Gasteiger partial charge in [-0.15, -0.1) is 0 Å². The van der Waals surface area contributed by atoms with Gasteiger partial charge in [-0.05, 0) is 30.1 Å². The summed E-state index contributed by atoms with van der Waals surface area (Å²) in [6, 6.07) is -0.0823. The molecule has 0 radical (unpaired) electrons. The van der Waals surface area contributed by atoms with E-state index in [-0.39, 0.29) is 23.3 Å². The summed E-state index contributed by atoms with van der Waals surface area (Å²) in [6.07, 6.45) is 6.96. The summed E-state index contributed by atoms with van der Waals surface area (Å²) in [5.74, 6) is 1.33. The van der Waals surface area contributed by atoms with E-state index in [9.17, 15) is 4.79 Å². The van der Waals surface area contributed by atoms with Gasteiger partial charge in [-0.25, -0.2) is 4.98 Å². The highest BCUT2D eigenvalue weighted by Gasteiger charge is 2.59. The molecule has 3 aliphatic carbocycles. The van der Waals surface area contributed by atoms with Crippen molar-refractivity contribution in [3.8, 4) is 0 Å². The molecule has 144 valence electrons. The number of halogens is 1. The normalized spacial score (nSPS) is 28.3. The molecule has 2 heterocycles. The van der Waals surface area contributed by atoms with E-state index in [1.165, 1.54) is 0 Å². The van der Waals surface area contributed by atoms with Crippen LogP contribution in [0.15, 0.2) is 18.6 Å². The van der Waals surface area contributed by atoms with Crippen LogP contribution in [-0.4, -0.2) is 31.7 Å². The topological polar surface area (TPSA) is 111 Å². The first-order valence-corrected chi connectivity index (χ1v) is 9.47. The molecule has 3 saturated carbocycles. The van der Waals surface area contributed by atoms with Gasteiger partial charge in [0.15, 0.2) is 5.82 Å². The van der Waals surface area contributed by atoms with E-state index in [0.29, 0.717) is 28.6 Å². The molecule has 1 amide bonds. The van der Waals surface area contributed by atoms with Crippen LogP contribution in [0.4, 0.5) is 17.5 Å². The Bertz CT molecular complexity index is 880. The molecule has 0 unspecified atom stereocenters. The lowest BCUT2D eigenvalue weighted by atomic mass is 9.45. The van der Waals surface area contributed by atoms with Crippen LogP contribution in [0.2, 0.25) is 5.02 Å². The van der Waals surface area contributed by atoms with Crippen molar-refractivity contribution in [2.45, 2.75) is 32.7 Å². The number of hydrogen-bond acceptors (Lipinski definition) is 6. The molecule has 4 N–H and O–H groups in total. The Morgan fingerprint density at radius 2 is 2.15 bits per heavy atom. The second kappa shape index (κ2) is 6.37. The number of hydrogen-bond donors (Lipinski definition) is 3. The molecule has 27 heavy (non-hydrogen) atoms. The van der Waals surface area contributed by atoms with E-state index in [1.807, 2.05) is 13.2 Å². The molecule has 2 bridgehead atoms. The number of fused-ring (bicyclic) bond motifs is 2. The maximum atomic E-state index is 12.0. The SMILES string of the molecule is Cn1cc(Nc2ncc(Cl)c(N[C@H]3[C@@H](C(N)=O)C[C@H]4C[C@@H]3C4(C)C)n2)cn1. The zero-order valence-corrected chi connectivity index (χ0v) is 16.4. The van der Waals surface area contributed by atoms with Crippen LogP contribution >= 0.6 is 11.6 Å². The third kappa shape index (κ3) is 3.12. The van der Waals surface area contributed by atoms with Crippen LogP contribution in [0.5, 0.6) is 0 Å². The second-order valence-electron chi connectivity index (χ2n) is 8.19. The van der Waals surface area contributed by atoms with Crippen LogP contribution in [0.1, 0.15) is 26.7 Å². The van der Waals surface area contributed by atoms with Crippen molar-refractivity contribution in [3.05, 3.63) is 23.6 Å². The number of carbonyl (C=O) groups is 1. The van der Waals surface area contributed by atoms with Gasteiger partial charge in [-0.2, -0.15) is 10.1 Å². The zero-order chi connectivity index (χ0) is 19.3. The molecule has 5 rings (SSSR count). The molecular formula is C18H24ClN7O. The van der Waals surface area contributed by atoms with E-state index >= 15 is 0 Å². The molecule has 3 aliphatic rings. The number of nitrogens with two attached hydrogens (primary N) is 1. The second-order valence-corrected chi connectivity index (χ2v) is 8.60. The molecule has 3 fully saturated rings. The lowest BCUT2D eigenvalue weighted by Gasteiger charge is -2.62. The number of rotatable bonds is 5. The summed E-state index contributed by atoms with van der Waals surface area (Å²) in [5.41, 5.74) is 6.65. The van der Waals surface area contributed by atoms with Gasteiger partial charge >= 0.3 is 0 Å². The maximum absolute atomic E-state index is 12.0. The number of carbonyl (C=O) groups excluding carboxylic acids is 1. The van der Waals surface area contributed by atoms with E-state index in [0.717, 1.165) is 18.5 Å².